The van der Waals surface area contributed by atoms with Crippen molar-refractivity contribution in [1.29, 1.82) is 0 Å². The first-order valence-electron chi connectivity index (χ1n) is 9.14. The molecule has 2 aromatic rings. The van der Waals surface area contributed by atoms with Crippen molar-refractivity contribution in [1.82, 2.24) is 24.3 Å². The summed E-state index contributed by atoms with van der Waals surface area (Å²) in [6.07, 6.45) is 7.30. The standard InChI is InChI=1S/C18H27N5/c1-3-21-12-6-9-15(21)18-20-14-8-5-11-19-17(14)23(18)16-10-7-13-22(16)4-2/h5,8,11,15-16H,3-4,6-7,9-10,12-13H2,1-2H3. The van der Waals surface area contributed by atoms with E-state index >= 15 is 0 Å². The van der Waals surface area contributed by atoms with E-state index in [4.69, 9.17) is 9.97 Å². The minimum atomic E-state index is 0.425. The Labute approximate surface area is 138 Å². The molecule has 2 aliphatic rings. The third kappa shape index (κ3) is 2.46. The average molecular weight is 313 g/mol. The topological polar surface area (TPSA) is 37.2 Å². The van der Waals surface area contributed by atoms with Crippen LogP contribution in [0.25, 0.3) is 11.2 Å². The number of aromatic nitrogens is 3. The Morgan fingerprint density at radius 2 is 1.87 bits per heavy atom. The summed E-state index contributed by atoms with van der Waals surface area (Å²) in [6.45, 7) is 9.10. The van der Waals surface area contributed by atoms with Crippen molar-refractivity contribution in [2.45, 2.75) is 51.7 Å². The van der Waals surface area contributed by atoms with Crippen LogP contribution in [-0.4, -0.2) is 50.5 Å². The lowest BCUT2D eigenvalue weighted by Gasteiger charge is -2.29. The van der Waals surface area contributed by atoms with Crippen molar-refractivity contribution in [3.8, 4) is 0 Å². The molecule has 5 heteroatoms. The smallest absolute Gasteiger partial charge is 0.161 e. The molecule has 0 bridgehead atoms. The summed E-state index contributed by atoms with van der Waals surface area (Å²) in [6, 6.07) is 4.56. The van der Waals surface area contributed by atoms with Gasteiger partial charge >= 0.3 is 0 Å². The summed E-state index contributed by atoms with van der Waals surface area (Å²) in [4.78, 5) is 14.9. The second-order valence-corrected chi connectivity index (χ2v) is 6.72. The van der Waals surface area contributed by atoms with Gasteiger partial charge in [0.2, 0.25) is 0 Å². The van der Waals surface area contributed by atoms with E-state index in [-0.39, 0.29) is 0 Å². The zero-order chi connectivity index (χ0) is 15.8. The molecule has 0 radical (unpaired) electrons. The van der Waals surface area contributed by atoms with E-state index in [9.17, 15) is 0 Å². The molecule has 2 aliphatic heterocycles. The summed E-state index contributed by atoms with van der Waals surface area (Å²) in [5.41, 5.74) is 2.12. The molecule has 2 fully saturated rings. The zero-order valence-corrected chi connectivity index (χ0v) is 14.3. The van der Waals surface area contributed by atoms with Crippen molar-refractivity contribution in [3.63, 3.8) is 0 Å². The van der Waals surface area contributed by atoms with Gasteiger partial charge < -0.3 is 0 Å². The number of rotatable bonds is 4. The molecule has 4 rings (SSSR count). The molecule has 2 aromatic heterocycles. The molecular formula is C18H27N5. The lowest BCUT2D eigenvalue weighted by molar-refractivity contribution is 0.187. The quantitative estimate of drug-likeness (QED) is 0.868. The summed E-state index contributed by atoms with van der Waals surface area (Å²) in [5, 5.41) is 0. The maximum Gasteiger partial charge on any atom is 0.161 e. The van der Waals surface area contributed by atoms with E-state index < -0.39 is 0 Å². The van der Waals surface area contributed by atoms with Crippen LogP contribution in [0.3, 0.4) is 0 Å². The highest BCUT2D eigenvalue weighted by Crippen LogP contribution is 2.37. The van der Waals surface area contributed by atoms with E-state index in [0.717, 1.165) is 24.3 Å². The molecule has 5 nitrogen and oxygen atoms in total. The molecule has 0 aliphatic carbocycles. The fourth-order valence-corrected chi connectivity index (χ4v) is 4.44. The van der Waals surface area contributed by atoms with Gasteiger partial charge in [-0.25, -0.2) is 9.97 Å². The first-order chi connectivity index (χ1) is 11.3. The van der Waals surface area contributed by atoms with Gasteiger partial charge in [-0.15, -0.1) is 0 Å². The number of fused-ring (bicyclic) bond motifs is 1. The normalized spacial score (nSPS) is 26.5. The molecule has 2 saturated heterocycles. The fraction of sp³-hybridized carbons (Fsp3) is 0.667. The van der Waals surface area contributed by atoms with Crippen LogP contribution in [0.1, 0.15) is 57.6 Å². The van der Waals surface area contributed by atoms with E-state index in [1.54, 1.807) is 0 Å². The van der Waals surface area contributed by atoms with Gasteiger partial charge in [-0.1, -0.05) is 13.8 Å². The Morgan fingerprint density at radius 3 is 2.70 bits per heavy atom. The lowest BCUT2D eigenvalue weighted by atomic mass is 10.2. The van der Waals surface area contributed by atoms with Crippen molar-refractivity contribution in [2.24, 2.45) is 0 Å². The third-order valence-electron chi connectivity index (χ3n) is 5.58. The molecule has 23 heavy (non-hydrogen) atoms. The molecular weight excluding hydrogens is 286 g/mol. The molecule has 0 aromatic carbocycles. The van der Waals surface area contributed by atoms with Crippen LogP contribution in [0.4, 0.5) is 0 Å². The van der Waals surface area contributed by atoms with Gasteiger partial charge in [0.25, 0.3) is 0 Å². The van der Waals surface area contributed by atoms with Crippen molar-refractivity contribution < 1.29 is 0 Å². The summed E-state index contributed by atoms with van der Waals surface area (Å²) in [7, 11) is 0. The number of pyridine rings is 1. The SMILES string of the molecule is CCN1CCCC1c1nc2cccnc2n1C1CCCN1CC. The lowest BCUT2D eigenvalue weighted by Crippen LogP contribution is -2.31. The van der Waals surface area contributed by atoms with Gasteiger partial charge in [0.15, 0.2) is 5.65 Å². The van der Waals surface area contributed by atoms with E-state index in [0.29, 0.717) is 12.2 Å². The number of hydrogen-bond donors (Lipinski definition) is 0. The molecule has 124 valence electrons. The first-order valence-corrected chi connectivity index (χ1v) is 9.14. The van der Waals surface area contributed by atoms with Gasteiger partial charge in [0.05, 0.1) is 12.2 Å². The van der Waals surface area contributed by atoms with Gasteiger partial charge in [-0.2, -0.15) is 0 Å². The highest BCUT2D eigenvalue weighted by Gasteiger charge is 2.34. The number of hydrogen-bond acceptors (Lipinski definition) is 4. The Morgan fingerprint density at radius 1 is 1.09 bits per heavy atom. The van der Waals surface area contributed by atoms with Crippen LogP contribution in [0.5, 0.6) is 0 Å². The maximum atomic E-state index is 5.04. The van der Waals surface area contributed by atoms with E-state index in [1.165, 1.54) is 44.6 Å². The molecule has 2 atom stereocenters. The Kier molecular flexibility index (Phi) is 4.07. The van der Waals surface area contributed by atoms with Crippen LogP contribution >= 0.6 is 0 Å². The van der Waals surface area contributed by atoms with Crippen molar-refractivity contribution in [3.05, 3.63) is 24.2 Å². The van der Waals surface area contributed by atoms with Crippen LogP contribution in [-0.2, 0) is 0 Å². The monoisotopic (exact) mass is 313 g/mol. The molecule has 4 heterocycles. The van der Waals surface area contributed by atoms with E-state index in [2.05, 4.69) is 34.3 Å². The van der Waals surface area contributed by atoms with Crippen LogP contribution in [0, 0.1) is 0 Å². The highest BCUT2D eigenvalue weighted by atomic mass is 15.4. The van der Waals surface area contributed by atoms with Gasteiger partial charge in [0, 0.05) is 12.7 Å². The second-order valence-electron chi connectivity index (χ2n) is 6.72. The van der Waals surface area contributed by atoms with Crippen LogP contribution in [0.2, 0.25) is 0 Å². The minimum Gasteiger partial charge on any atom is -0.295 e. The fourth-order valence-electron chi connectivity index (χ4n) is 4.44. The van der Waals surface area contributed by atoms with Gasteiger partial charge in [0.1, 0.15) is 11.3 Å². The van der Waals surface area contributed by atoms with Crippen LogP contribution < -0.4 is 0 Å². The zero-order valence-electron chi connectivity index (χ0n) is 14.3. The predicted octanol–water partition coefficient (Wildman–Crippen LogP) is 3.20. The Balaban J connectivity index is 1.85. The van der Waals surface area contributed by atoms with Crippen molar-refractivity contribution >= 4 is 11.2 Å². The van der Waals surface area contributed by atoms with E-state index in [1.807, 2.05) is 12.3 Å². The summed E-state index contributed by atoms with van der Waals surface area (Å²) in [5.74, 6) is 1.24. The number of imidazole rings is 1. The van der Waals surface area contributed by atoms with Gasteiger partial charge in [-0.3, -0.25) is 14.4 Å². The van der Waals surface area contributed by atoms with Crippen LogP contribution in [0.15, 0.2) is 18.3 Å². The maximum absolute atomic E-state index is 5.04. The number of nitrogens with zero attached hydrogens (tertiary/aromatic N) is 5. The summed E-state index contributed by atoms with van der Waals surface area (Å²) >= 11 is 0. The highest BCUT2D eigenvalue weighted by molar-refractivity contribution is 5.71. The Bertz CT molecular complexity index is 679. The van der Waals surface area contributed by atoms with Crippen molar-refractivity contribution in [2.75, 3.05) is 26.2 Å². The predicted molar refractivity (Wildman–Crippen MR) is 92.3 cm³/mol. The number of likely N-dealkylation sites (tertiary alicyclic amines) is 2. The molecule has 0 amide bonds. The largest absolute Gasteiger partial charge is 0.295 e. The molecule has 0 spiro atoms. The average Bonchev–Trinajstić information content (AvgIpc) is 3.30. The Hall–Kier alpha value is -1.46. The van der Waals surface area contributed by atoms with Gasteiger partial charge in [-0.05, 0) is 57.5 Å². The molecule has 0 saturated carbocycles. The molecule has 0 N–H and O–H groups in total. The second kappa shape index (κ2) is 6.21. The summed E-state index contributed by atoms with van der Waals surface area (Å²) < 4.78 is 2.46. The minimum absolute atomic E-state index is 0.425. The third-order valence-corrected chi connectivity index (χ3v) is 5.58. The first kappa shape index (κ1) is 15.1. The molecule has 2 unspecified atom stereocenters.